The normalized spacial score (nSPS) is 8.86. The van der Waals surface area contributed by atoms with Gasteiger partial charge in [-0.15, -0.1) is 0 Å². The average Bonchev–Trinajstić information content (AvgIpc) is 2.75. The van der Waals surface area contributed by atoms with Gasteiger partial charge in [-0.3, -0.25) is 9.59 Å². The van der Waals surface area contributed by atoms with Crippen molar-refractivity contribution in [2.24, 2.45) is 0 Å². The van der Waals surface area contributed by atoms with Crippen LogP contribution >= 0.6 is 0 Å². The van der Waals surface area contributed by atoms with Gasteiger partial charge in [0.25, 0.3) is 0 Å². The number of carbonyl (C=O) groups is 4. The number of hydrogen-bond acceptors (Lipinski definition) is 4. The molecule has 3 rings (SSSR count). The minimum absolute atomic E-state index is 0.190. The number of aldehydes is 2. The second-order valence-electron chi connectivity index (χ2n) is 5.21. The summed E-state index contributed by atoms with van der Waals surface area (Å²) < 4.78 is 0. The van der Waals surface area contributed by atoms with Crippen LogP contribution in [0.4, 0.5) is 0 Å². The molecule has 28 heavy (non-hydrogen) atoms. The number of carboxylic acids is 2. The van der Waals surface area contributed by atoms with Crippen LogP contribution in [0.15, 0.2) is 84.9 Å². The summed E-state index contributed by atoms with van der Waals surface area (Å²) >= 11 is 0. The molecule has 6 heteroatoms. The van der Waals surface area contributed by atoms with Gasteiger partial charge in [0.1, 0.15) is 12.6 Å². The van der Waals surface area contributed by atoms with Gasteiger partial charge in [0.05, 0.1) is 11.1 Å². The van der Waals surface area contributed by atoms with Crippen LogP contribution in [0.1, 0.15) is 41.4 Å². The van der Waals surface area contributed by atoms with Crippen molar-refractivity contribution >= 4 is 24.5 Å². The fourth-order valence-corrected chi connectivity index (χ4v) is 1.92. The van der Waals surface area contributed by atoms with Crippen LogP contribution in [-0.4, -0.2) is 34.7 Å². The van der Waals surface area contributed by atoms with E-state index in [4.69, 9.17) is 10.2 Å². The number of rotatable bonds is 4. The zero-order valence-corrected chi connectivity index (χ0v) is 14.8. The molecule has 0 aromatic heterocycles. The molecule has 0 aliphatic carbocycles. The smallest absolute Gasteiger partial charge is 0.336 e. The van der Waals surface area contributed by atoms with E-state index in [-0.39, 0.29) is 11.1 Å². The van der Waals surface area contributed by atoms with Gasteiger partial charge in [-0.05, 0) is 12.1 Å². The maximum atomic E-state index is 10.5. The molecule has 142 valence electrons. The first kappa shape index (κ1) is 22.0. The lowest BCUT2D eigenvalue weighted by Crippen LogP contribution is -2.06. The van der Waals surface area contributed by atoms with E-state index in [0.29, 0.717) is 0 Å². The van der Waals surface area contributed by atoms with Gasteiger partial charge in [0, 0.05) is 11.1 Å². The van der Waals surface area contributed by atoms with E-state index in [9.17, 15) is 19.2 Å². The summed E-state index contributed by atoms with van der Waals surface area (Å²) in [7, 11) is 0. The second-order valence-corrected chi connectivity index (χ2v) is 5.21. The molecule has 2 N–H and O–H groups in total. The first-order chi connectivity index (χ1) is 13.5. The molecule has 0 bridgehead atoms. The number of carbonyl (C=O) groups excluding carboxylic acids is 2. The standard InChI is InChI=1S/C8H6O4.2C7H6O/c9-7(10)5-3-1-2-4-6(5)8(11)12;2*8-6-7-4-2-1-3-5-7/h1-4H,(H,9,10)(H,11,12);2*1-6H. The quantitative estimate of drug-likeness (QED) is 0.662. The minimum Gasteiger partial charge on any atom is -0.478 e. The van der Waals surface area contributed by atoms with Gasteiger partial charge in [-0.25, -0.2) is 9.59 Å². The summed E-state index contributed by atoms with van der Waals surface area (Å²) in [5.74, 6) is -2.46. The summed E-state index contributed by atoms with van der Waals surface area (Å²) in [6.07, 6.45) is 1.67. The summed E-state index contributed by atoms with van der Waals surface area (Å²) in [6.45, 7) is 0. The zero-order chi connectivity index (χ0) is 20.8. The molecule has 0 amide bonds. The lowest BCUT2D eigenvalue weighted by atomic mass is 10.1. The fourth-order valence-electron chi connectivity index (χ4n) is 1.92. The average molecular weight is 378 g/mol. The van der Waals surface area contributed by atoms with Crippen molar-refractivity contribution in [3.05, 3.63) is 107 Å². The lowest BCUT2D eigenvalue weighted by Gasteiger charge is -1.98. The first-order valence-corrected chi connectivity index (χ1v) is 8.05. The maximum absolute atomic E-state index is 10.5. The monoisotopic (exact) mass is 378 g/mol. The van der Waals surface area contributed by atoms with Crippen LogP contribution in [-0.2, 0) is 0 Å². The Kier molecular flexibility index (Phi) is 9.67. The van der Waals surface area contributed by atoms with E-state index in [1.54, 1.807) is 24.3 Å². The summed E-state index contributed by atoms with van der Waals surface area (Å²) in [4.78, 5) is 40.9. The highest BCUT2D eigenvalue weighted by atomic mass is 16.4. The third kappa shape index (κ3) is 7.88. The van der Waals surface area contributed by atoms with Gasteiger partial charge >= 0.3 is 11.9 Å². The molecule has 0 saturated carbocycles. The van der Waals surface area contributed by atoms with Crippen molar-refractivity contribution in [1.29, 1.82) is 0 Å². The van der Waals surface area contributed by atoms with Crippen LogP contribution in [0.5, 0.6) is 0 Å². The summed E-state index contributed by atoms with van der Waals surface area (Å²) in [6, 6.07) is 23.7. The zero-order valence-electron chi connectivity index (χ0n) is 14.8. The van der Waals surface area contributed by atoms with E-state index >= 15 is 0 Å². The van der Waals surface area contributed by atoms with E-state index in [0.717, 1.165) is 23.7 Å². The second kappa shape index (κ2) is 12.3. The molecule has 0 saturated heterocycles. The van der Waals surface area contributed by atoms with Crippen LogP contribution < -0.4 is 0 Å². The van der Waals surface area contributed by atoms with E-state index < -0.39 is 11.9 Å². The molecule has 0 unspecified atom stereocenters. The third-order valence-corrected chi connectivity index (χ3v) is 3.26. The molecule has 0 aliphatic heterocycles. The van der Waals surface area contributed by atoms with Gasteiger partial charge in [0.2, 0.25) is 0 Å². The van der Waals surface area contributed by atoms with Gasteiger partial charge in [0.15, 0.2) is 0 Å². The highest BCUT2D eigenvalue weighted by Gasteiger charge is 2.13. The van der Waals surface area contributed by atoms with Crippen LogP contribution in [0.25, 0.3) is 0 Å². The Bertz CT molecular complexity index is 828. The molecule has 0 atom stereocenters. The first-order valence-electron chi connectivity index (χ1n) is 8.05. The summed E-state index contributed by atoms with van der Waals surface area (Å²) in [5.41, 5.74) is 1.08. The molecule has 0 spiro atoms. The Morgan fingerprint density at radius 1 is 0.536 bits per heavy atom. The SMILES string of the molecule is O=C(O)c1ccccc1C(=O)O.O=Cc1ccccc1.O=Cc1ccccc1. The van der Waals surface area contributed by atoms with Crippen molar-refractivity contribution in [1.82, 2.24) is 0 Å². The molecular weight excluding hydrogens is 360 g/mol. The van der Waals surface area contributed by atoms with Crippen LogP contribution in [0, 0.1) is 0 Å². The molecule has 0 radical (unpaired) electrons. The van der Waals surface area contributed by atoms with Crippen molar-refractivity contribution in [3.8, 4) is 0 Å². The Balaban J connectivity index is 0.000000217. The number of carboxylic acid groups (broad SMARTS) is 2. The Labute approximate surface area is 161 Å². The third-order valence-electron chi connectivity index (χ3n) is 3.26. The van der Waals surface area contributed by atoms with Crippen LogP contribution in [0.2, 0.25) is 0 Å². The highest BCUT2D eigenvalue weighted by Crippen LogP contribution is 2.07. The van der Waals surface area contributed by atoms with Crippen molar-refractivity contribution in [3.63, 3.8) is 0 Å². The number of benzene rings is 3. The lowest BCUT2D eigenvalue weighted by molar-refractivity contribution is 0.0651. The topological polar surface area (TPSA) is 109 Å². The molecule has 3 aromatic rings. The molecule has 6 nitrogen and oxygen atoms in total. The molecule has 0 heterocycles. The fraction of sp³-hybridized carbons (Fsp3) is 0. The Hall–Kier alpha value is -4.06. The van der Waals surface area contributed by atoms with E-state index in [2.05, 4.69) is 0 Å². The largest absolute Gasteiger partial charge is 0.478 e. The van der Waals surface area contributed by atoms with Crippen molar-refractivity contribution in [2.75, 3.05) is 0 Å². The molecule has 0 fully saturated rings. The van der Waals surface area contributed by atoms with Gasteiger partial charge in [-0.1, -0.05) is 72.8 Å². The Morgan fingerprint density at radius 2 is 0.821 bits per heavy atom. The molecule has 3 aromatic carbocycles. The van der Waals surface area contributed by atoms with E-state index in [1.807, 2.05) is 36.4 Å². The molecular formula is C22H18O6. The minimum atomic E-state index is -1.23. The number of hydrogen-bond donors (Lipinski definition) is 2. The Morgan fingerprint density at radius 3 is 1.04 bits per heavy atom. The number of aromatic carboxylic acids is 2. The van der Waals surface area contributed by atoms with Crippen LogP contribution in [0.3, 0.4) is 0 Å². The summed E-state index contributed by atoms with van der Waals surface area (Å²) in [5, 5.41) is 17.1. The van der Waals surface area contributed by atoms with Crippen molar-refractivity contribution < 1.29 is 29.4 Å². The predicted molar refractivity (Wildman–Crippen MR) is 104 cm³/mol. The van der Waals surface area contributed by atoms with Gasteiger partial charge in [-0.2, -0.15) is 0 Å². The predicted octanol–water partition coefficient (Wildman–Crippen LogP) is 4.08. The van der Waals surface area contributed by atoms with Crippen molar-refractivity contribution in [2.45, 2.75) is 0 Å². The highest BCUT2D eigenvalue weighted by molar-refractivity contribution is 6.01. The maximum Gasteiger partial charge on any atom is 0.336 e. The van der Waals surface area contributed by atoms with Gasteiger partial charge < -0.3 is 10.2 Å². The van der Waals surface area contributed by atoms with E-state index in [1.165, 1.54) is 24.3 Å². The molecule has 0 aliphatic rings.